The van der Waals surface area contributed by atoms with E-state index in [1.54, 1.807) is 7.05 Å². The lowest BCUT2D eigenvalue weighted by molar-refractivity contribution is -0.133. The molecule has 11 heteroatoms. The van der Waals surface area contributed by atoms with Gasteiger partial charge in [0, 0.05) is 30.5 Å². The monoisotopic (exact) mass is 687 g/mol. The van der Waals surface area contributed by atoms with Gasteiger partial charge in [0.2, 0.25) is 11.8 Å². The van der Waals surface area contributed by atoms with Crippen molar-refractivity contribution in [3.8, 4) is 0 Å². The molecule has 0 unspecified atom stereocenters. The Balaban J connectivity index is 2.28. The minimum atomic E-state index is -0.854. The van der Waals surface area contributed by atoms with E-state index in [1.807, 2.05) is 101 Å². The van der Waals surface area contributed by atoms with Crippen LogP contribution in [0.2, 0.25) is 0 Å². The van der Waals surface area contributed by atoms with E-state index in [0.717, 1.165) is 15.6 Å². The van der Waals surface area contributed by atoms with Crippen LogP contribution in [0.4, 0.5) is 4.79 Å². The third kappa shape index (κ3) is 12.8. The van der Waals surface area contributed by atoms with E-state index in [4.69, 9.17) is 4.74 Å². The molecule has 0 aromatic heterocycles. The highest BCUT2D eigenvalue weighted by molar-refractivity contribution is 9.10. The van der Waals surface area contributed by atoms with Crippen molar-refractivity contribution in [3.05, 3.63) is 70.2 Å². The van der Waals surface area contributed by atoms with Crippen LogP contribution in [0.1, 0.15) is 65.5 Å². The van der Waals surface area contributed by atoms with E-state index in [1.165, 1.54) is 7.11 Å². The number of likely N-dealkylation sites (N-methyl/N-ethyl adjacent to an activating group) is 1. The second-order valence-corrected chi connectivity index (χ2v) is 14.3. The summed E-state index contributed by atoms with van der Waals surface area (Å²) in [4.78, 5) is 51.9. The van der Waals surface area contributed by atoms with Crippen molar-refractivity contribution >= 4 is 39.7 Å². The molecule has 45 heavy (non-hydrogen) atoms. The van der Waals surface area contributed by atoms with Gasteiger partial charge in [-0.1, -0.05) is 99.9 Å². The number of carbonyl (C=O) groups excluding carboxylic acids is 4. The standard InChI is InChI=1S/C34H50BrN5O5/c1-33(2,3)27(30(42)36-7)37-29(41)25(21-23-13-10-9-11-14-23)15-12-20-40(22-24-16-18-26(35)19-17-24)39-31(43)28(34(4,5)6)38-32(44)45-8/h9-11,13-14,16-19,25,27-28H,12,15,20-22H2,1-8H3,(H,36,42)(H,37,41)(H,38,44)(H,39,43)/t25-,27+,28+/m0/s1. The Bertz CT molecular complexity index is 1260. The largest absolute Gasteiger partial charge is 0.453 e. The summed E-state index contributed by atoms with van der Waals surface area (Å²) in [6, 6.07) is 16.0. The van der Waals surface area contributed by atoms with Gasteiger partial charge in [0.05, 0.1) is 7.11 Å². The fourth-order valence-corrected chi connectivity index (χ4v) is 5.15. The first-order valence-corrected chi connectivity index (χ1v) is 16.0. The third-order valence-electron chi connectivity index (χ3n) is 7.47. The number of halogens is 1. The molecule has 4 N–H and O–H groups in total. The van der Waals surface area contributed by atoms with Gasteiger partial charge >= 0.3 is 6.09 Å². The molecule has 4 amide bonds. The molecule has 0 aliphatic rings. The molecule has 2 rings (SSSR count). The van der Waals surface area contributed by atoms with Gasteiger partial charge in [-0.25, -0.2) is 9.80 Å². The van der Waals surface area contributed by atoms with Crippen LogP contribution in [0.25, 0.3) is 0 Å². The molecule has 2 aromatic carbocycles. The van der Waals surface area contributed by atoms with Gasteiger partial charge in [0.25, 0.3) is 5.91 Å². The lowest BCUT2D eigenvalue weighted by atomic mass is 9.85. The summed E-state index contributed by atoms with van der Waals surface area (Å²) in [7, 11) is 2.82. The van der Waals surface area contributed by atoms with Crippen LogP contribution in [0.15, 0.2) is 59.1 Å². The normalized spacial score (nSPS) is 13.7. The first kappa shape index (κ1) is 37.7. The van der Waals surface area contributed by atoms with Gasteiger partial charge in [-0.15, -0.1) is 0 Å². The van der Waals surface area contributed by atoms with Crippen molar-refractivity contribution in [3.63, 3.8) is 0 Å². The predicted molar refractivity (Wildman–Crippen MR) is 180 cm³/mol. The molecule has 248 valence electrons. The number of nitrogens with one attached hydrogen (secondary N) is 4. The molecular weight excluding hydrogens is 638 g/mol. The molecule has 0 bridgehead atoms. The Morgan fingerprint density at radius 1 is 0.800 bits per heavy atom. The molecule has 0 aliphatic heterocycles. The first-order valence-electron chi connectivity index (χ1n) is 15.3. The number of hydrazine groups is 1. The Hall–Kier alpha value is -3.44. The minimum absolute atomic E-state index is 0.194. The van der Waals surface area contributed by atoms with E-state index in [2.05, 4.69) is 37.3 Å². The van der Waals surface area contributed by atoms with Crippen molar-refractivity contribution in [1.29, 1.82) is 0 Å². The fourth-order valence-electron chi connectivity index (χ4n) is 4.89. The molecule has 10 nitrogen and oxygen atoms in total. The van der Waals surface area contributed by atoms with Crippen molar-refractivity contribution in [2.45, 2.75) is 79.4 Å². The van der Waals surface area contributed by atoms with Gasteiger partial charge < -0.3 is 20.7 Å². The summed E-state index contributed by atoms with van der Waals surface area (Å²) in [5.74, 6) is -1.22. The van der Waals surface area contributed by atoms with Gasteiger partial charge in [0.1, 0.15) is 12.1 Å². The summed E-state index contributed by atoms with van der Waals surface area (Å²) < 4.78 is 5.70. The first-order chi connectivity index (χ1) is 21.0. The van der Waals surface area contributed by atoms with Crippen LogP contribution in [-0.2, 0) is 32.1 Å². The summed E-state index contributed by atoms with van der Waals surface area (Å²) in [5.41, 5.74) is 3.92. The van der Waals surface area contributed by atoms with E-state index in [9.17, 15) is 19.2 Å². The molecule has 0 aliphatic carbocycles. The molecule has 0 fully saturated rings. The quantitative estimate of drug-likeness (QED) is 0.208. The number of hydrogen-bond acceptors (Lipinski definition) is 6. The maximum absolute atomic E-state index is 13.7. The molecule has 0 saturated heterocycles. The zero-order valence-corrected chi connectivity index (χ0v) is 29.4. The van der Waals surface area contributed by atoms with Crippen molar-refractivity contribution in [2.24, 2.45) is 16.7 Å². The highest BCUT2D eigenvalue weighted by atomic mass is 79.9. The number of rotatable bonds is 14. The average molecular weight is 689 g/mol. The van der Waals surface area contributed by atoms with Crippen molar-refractivity contribution < 1.29 is 23.9 Å². The van der Waals surface area contributed by atoms with Gasteiger partial charge in [-0.05, 0) is 53.4 Å². The van der Waals surface area contributed by atoms with Crippen LogP contribution < -0.4 is 21.4 Å². The van der Waals surface area contributed by atoms with Crippen LogP contribution in [0, 0.1) is 16.7 Å². The lowest BCUT2D eigenvalue weighted by Crippen LogP contribution is -2.57. The number of carbonyl (C=O) groups is 4. The second kappa shape index (κ2) is 17.3. The number of methoxy groups -OCH3 is 1. The Morgan fingerprint density at radius 2 is 1.38 bits per heavy atom. The summed E-state index contributed by atoms with van der Waals surface area (Å²) >= 11 is 3.47. The fraction of sp³-hybridized carbons (Fsp3) is 0.529. The molecular formula is C34H50BrN5O5. The number of ether oxygens (including phenoxy) is 1. The SMILES string of the molecule is CNC(=O)[C@@H](NC(=O)[C@@H](CCCN(Cc1ccc(Br)cc1)NC(=O)[C@@H](NC(=O)OC)C(C)(C)C)Cc1ccccc1)C(C)(C)C. The van der Waals surface area contributed by atoms with Crippen LogP contribution >= 0.6 is 15.9 Å². The highest BCUT2D eigenvalue weighted by Gasteiger charge is 2.35. The topological polar surface area (TPSA) is 129 Å². The molecule has 0 heterocycles. The van der Waals surface area contributed by atoms with Crippen molar-refractivity contribution in [2.75, 3.05) is 20.7 Å². The smallest absolute Gasteiger partial charge is 0.407 e. The van der Waals surface area contributed by atoms with Gasteiger partial charge in [-0.3, -0.25) is 19.8 Å². The third-order valence-corrected chi connectivity index (χ3v) is 8.00. The zero-order valence-electron chi connectivity index (χ0n) is 27.8. The molecule has 0 saturated carbocycles. The summed E-state index contributed by atoms with van der Waals surface area (Å²) in [5, 5.41) is 10.1. The molecule has 3 atom stereocenters. The van der Waals surface area contributed by atoms with Crippen LogP contribution in [-0.4, -0.2) is 61.6 Å². The zero-order chi connectivity index (χ0) is 33.8. The maximum atomic E-state index is 13.7. The van der Waals surface area contributed by atoms with Crippen LogP contribution in [0.5, 0.6) is 0 Å². The summed E-state index contributed by atoms with van der Waals surface area (Å²) in [6.07, 6.45) is 0.906. The lowest BCUT2D eigenvalue weighted by Gasteiger charge is -2.33. The van der Waals surface area contributed by atoms with E-state index >= 15 is 0 Å². The number of alkyl carbamates (subject to hydrolysis) is 1. The van der Waals surface area contributed by atoms with E-state index in [-0.39, 0.29) is 17.7 Å². The predicted octanol–water partition coefficient (Wildman–Crippen LogP) is 4.97. The van der Waals surface area contributed by atoms with Gasteiger partial charge in [0.15, 0.2) is 0 Å². The number of amides is 4. The molecule has 0 radical (unpaired) electrons. The second-order valence-electron chi connectivity index (χ2n) is 13.4. The Labute approximate surface area is 276 Å². The highest BCUT2D eigenvalue weighted by Crippen LogP contribution is 2.23. The maximum Gasteiger partial charge on any atom is 0.407 e. The number of benzene rings is 2. The summed E-state index contributed by atoms with van der Waals surface area (Å²) in [6.45, 7) is 12.2. The molecule has 0 spiro atoms. The molecule has 2 aromatic rings. The van der Waals surface area contributed by atoms with E-state index < -0.39 is 34.9 Å². The Kier molecular flexibility index (Phi) is 14.5. The average Bonchev–Trinajstić information content (AvgIpc) is 2.97. The number of hydrogen-bond donors (Lipinski definition) is 4. The minimum Gasteiger partial charge on any atom is -0.453 e. The van der Waals surface area contributed by atoms with Gasteiger partial charge in [-0.2, -0.15) is 0 Å². The van der Waals surface area contributed by atoms with Crippen molar-refractivity contribution in [1.82, 2.24) is 26.4 Å². The van der Waals surface area contributed by atoms with Crippen LogP contribution in [0.3, 0.4) is 0 Å². The van der Waals surface area contributed by atoms with E-state index in [0.29, 0.717) is 32.4 Å². The number of nitrogens with zero attached hydrogens (tertiary/aromatic N) is 1. The Morgan fingerprint density at radius 3 is 1.91 bits per heavy atom.